The molecule has 0 atom stereocenters. The van der Waals surface area contributed by atoms with Gasteiger partial charge in [-0.3, -0.25) is 18.3 Å². The van der Waals surface area contributed by atoms with Gasteiger partial charge < -0.3 is 11.1 Å². The quantitative estimate of drug-likeness (QED) is 0.575. The molecule has 0 amide bonds. The fourth-order valence-corrected chi connectivity index (χ4v) is 0.599. The van der Waals surface area contributed by atoms with Crippen LogP contribution in [0.1, 0.15) is 39.3 Å². The van der Waals surface area contributed by atoms with E-state index in [0.717, 1.165) is 5.69 Å². The largest absolute Gasteiger partial charge is 1.00 e. The molecule has 3 heteroatoms. The summed E-state index contributed by atoms with van der Waals surface area (Å²) in [4.78, 5) is 4.02. The Labute approximate surface area is 145 Å². The van der Waals surface area contributed by atoms with E-state index in [9.17, 15) is 0 Å². The molecular formula is C10H15NRbRe-. The average molecular weight is 421 g/mol. The first-order valence-corrected chi connectivity index (χ1v) is 4.05. The molecule has 0 fully saturated rings. The van der Waals surface area contributed by atoms with Crippen LogP contribution in [0.3, 0.4) is 0 Å². The molecular weight excluding hydrogens is 406 g/mol. The smallest absolute Gasteiger partial charge is 0.525 e. The number of rotatable bonds is 1. The van der Waals surface area contributed by atoms with Crippen LogP contribution in [0.15, 0.2) is 12.1 Å². The van der Waals surface area contributed by atoms with E-state index in [-0.39, 0.29) is 78.6 Å². The minimum atomic E-state index is 0. The fraction of sp³-hybridized carbons (Fsp3) is 0.500. The molecule has 0 saturated heterocycles. The third-order valence-corrected chi connectivity index (χ3v) is 1.16. The zero-order valence-corrected chi connectivity index (χ0v) is 16.7. The van der Waals surface area contributed by atoms with Crippen LogP contribution in [0, 0.1) is 12.3 Å². The maximum absolute atomic E-state index is 4.02. The number of aromatic nitrogens is 1. The van der Waals surface area contributed by atoms with Gasteiger partial charge in [0.2, 0.25) is 0 Å². The molecule has 0 N–H and O–H groups in total. The minimum absolute atomic E-state index is 0. The summed E-state index contributed by atoms with van der Waals surface area (Å²) < 4.78 is 0. The Balaban J connectivity index is -0.000000234. The van der Waals surface area contributed by atoms with Crippen LogP contribution in [0.5, 0.6) is 0 Å². The Morgan fingerprint density at radius 3 is 2.08 bits per heavy atom. The third kappa shape index (κ3) is 9.91. The van der Waals surface area contributed by atoms with E-state index in [1.807, 2.05) is 19.9 Å². The Morgan fingerprint density at radius 1 is 1.31 bits per heavy atom. The SMILES string of the molecule is CC.CC(C)c1c[c-]c[c-]n1.[Rb+].[Re]. The summed E-state index contributed by atoms with van der Waals surface area (Å²) in [5.41, 5.74) is 1.05. The second-order valence-electron chi connectivity index (χ2n) is 2.28. The van der Waals surface area contributed by atoms with Gasteiger partial charge >= 0.3 is 58.2 Å². The molecule has 1 radical (unpaired) electrons. The van der Waals surface area contributed by atoms with E-state index in [2.05, 4.69) is 31.1 Å². The van der Waals surface area contributed by atoms with Crippen LogP contribution in [0.25, 0.3) is 0 Å². The monoisotopic (exact) mass is 421 g/mol. The summed E-state index contributed by atoms with van der Waals surface area (Å²) in [6.07, 6.45) is 2.74. The summed E-state index contributed by atoms with van der Waals surface area (Å²) >= 11 is 0. The summed E-state index contributed by atoms with van der Waals surface area (Å²) in [7, 11) is 0. The molecule has 0 aromatic carbocycles. The normalized spacial score (nSPS) is 7.46. The van der Waals surface area contributed by atoms with E-state index in [1.165, 1.54) is 0 Å². The molecule has 0 unspecified atom stereocenters. The zero-order valence-electron chi connectivity index (χ0n) is 9.06. The van der Waals surface area contributed by atoms with Crippen molar-refractivity contribution in [2.75, 3.05) is 0 Å². The summed E-state index contributed by atoms with van der Waals surface area (Å²) in [6.45, 7) is 8.20. The zero-order chi connectivity index (χ0) is 8.69. The Morgan fingerprint density at radius 2 is 1.85 bits per heavy atom. The van der Waals surface area contributed by atoms with Crippen molar-refractivity contribution < 1.29 is 78.6 Å². The predicted octanol–water partition coefficient (Wildman–Crippen LogP) is -0.167. The van der Waals surface area contributed by atoms with E-state index in [1.54, 1.807) is 6.07 Å². The summed E-state index contributed by atoms with van der Waals surface area (Å²) in [5, 5.41) is 0. The van der Waals surface area contributed by atoms with E-state index >= 15 is 0 Å². The van der Waals surface area contributed by atoms with Crippen molar-refractivity contribution in [3.63, 3.8) is 0 Å². The molecule has 0 spiro atoms. The van der Waals surface area contributed by atoms with Crippen molar-refractivity contribution in [2.24, 2.45) is 0 Å². The maximum Gasteiger partial charge on any atom is 1.00 e. The number of nitrogens with zero attached hydrogens (tertiary/aromatic N) is 1. The van der Waals surface area contributed by atoms with Crippen LogP contribution in [-0.4, -0.2) is 4.98 Å². The van der Waals surface area contributed by atoms with Crippen LogP contribution in [-0.2, 0) is 20.4 Å². The van der Waals surface area contributed by atoms with Crippen LogP contribution < -0.4 is 58.2 Å². The van der Waals surface area contributed by atoms with Gasteiger partial charge in [0.05, 0.1) is 0 Å². The first-order valence-electron chi connectivity index (χ1n) is 4.05. The summed E-state index contributed by atoms with van der Waals surface area (Å²) in [5.74, 6) is 0.485. The third-order valence-electron chi connectivity index (χ3n) is 1.16. The molecule has 0 aliphatic rings. The van der Waals surface area contributed by atoms with E-state index in [4.69, 9.17) is 0 Å². The van der Waals surface area contributed by atoms with Crippen molar-refractivity contribution in [2.45, 2.75) is 33.6 Å². The topological polar surface area (TPSA) is 12.9 Å². The van der Waals surface area contributed by atoms with Crippen LogP contribution in [0.2, 0.25) is 0 Å². The van der Waals surface area contributed by atoms with Crippen molar-refractivity contribution in [3.8, 4) is 0 Å². The molecule has 13 heavy (non-hydrogen) atoms. The first-order chi connectivity index (χ1) is 5.30. The second-order valence-corrected chi connectivity index (χ2v) is 2.28. The molecule has 0 aliphatic heterocycles. The van der Waals surface area contributed by atoms with Gasteiger partial charge in [-0.1, -0.05) is 33.6 Å². The molecule has 1 aromatic heterocycles. The fourth-order valence-electron chi connectivity index (χ4n) is 0.599. The van der Waals surface area contributed by atoms with Crippen molar-refractivity contribution in [3.05, 3.63) is 30.1 Å². The second kappa shape index (κ2) is 13.6. The first kappa shape index (κ1) is 20.1. The van der Waals surface area contributed by atoms with Gasteiger partial charge in [-0.05, 0) is 0 Å². The molecule has 69 valence electrons. The standard InChI is InChI=1S/C8H9N.C2H6.Rb.Re/c1-7(2)8-5-3-4-6-9-8;1-2;;/h4-5,7H,1-2H3;1-2H3;;/q-2;;+1;. The minimum Gasteiger partial charge on any atom is -0.525 e. The van der Waals surface area contributed by atoms with Gasteiger partial charge in [0.15, 0.2) is 0 Å². The van der Waals surface area contributed by atoms with Gasteiger partial charge in [-0.2, -0.15) is 5.69 Å². The molecule has 1 aromatic rings. The molecule has 1 rings (SSSR count). The maximum atomic E-state index is 4.02. The van der Waals surface area contributed by atoms with E-state index in [0.29, 0.717) is 5.92 Å². The van der Waals surface area contributed by atoms with Gasteiger partial charge in [0, 0.05) is 20.4 Å². The molecule has 0 bridgehead atoms. The van der Waals surface area contributed by atoms with Crippen molar-refractivity contribution in [1.29, 1.82) is 0 Å². The Hall–Kier alpha value is 1.62. The Bertz CT molecular complexity index is 178. The molecule has 0 saturated carbocycles. The number of hydrogen-bond donors (Lipinski definition) is 0. The Kier molecular flexibility index (Phi) is 21.0. The van der Waals surface area contributed by atoms with Crippen molar-refractivity contribution in [1.82, 2.24) is 4.98 Å². The number of pyridine rings is 1. The van der Waals surface area contributed by atoms with E-state index < -0.39 is 0 Å². The van der Waals surface area contributed by atoms with Gasteiger partial charge in [-0.15, -0.1) is 0 Å². The molecule has 1 heterocycles. The van der Waals surface area contributed by atoms with Crippen molar-refractivity contribution >= 4 is 0 Å². The van der Waals surface area contributed by atoms with Gasteiger partial charge in [0.25, 0.3) is 0 Å². The summed E-state index contributed by atoms with van der Waals surface area (Å²) in [6, 6.07) is 6.50. The predicted molar refractivity (Wildman–Crippen MR) is 47.3 cm³/mol. The average Bonchev–Trinajstić information content (AvgIpc) is 2.10. The van der Waals surface area contributed by atoms with Gasteiger partial charge in [0.1, 0.15) is 0 Å². The number of hydrogen-bond acceptors (Lipinski definition) is 1. The molecule has 1 nitrogen and oxygen atoms in total. The van der Waals surface area contributed by atoms with Crippen LogP contribution in [0.4, 0.5) is 0 Å². The van der Waals surface area contributed by atoms with Gasteiger partial charge in [-0.25, -0.2) is 0 Å². The van der Waals surface area contributed by atoms with Crippen LogP contribution >= 0.6 is 0 Å². The molecule has 0 aliphatic carbocycles.